The lowest BCUT2D eigenvalue weighted by atomic mass is 10.1. The number of benzene rings is 2. The molecule has 150 valence electrons. The molecule has 4 N–H and O–H groups in total. The van der Waals surface area contributed by atoms with Crippen molar-refractivity contribution in [1.82, 2.24) is 15.6 Å². The SMILES string of the molecule is CCNC(=NCc1ccc(F)c(CO)c1)NCCc1c[nH]c2ccccc12.I. The first-order valence-corrected chi connectivity index (χ1v) is 9.16. The van der Waals surface area contributed by atoms with Gasteiger partial charge in [0.25, 0.3) is 0 Å². The first-order chi connectivity index (χ1) is 13.2. The van der Waals surface area contributed by atoms with Gasteiger partial charge in [0.1, 0.15) is 5.82 Å². The minimum atomic E-state index is -0.394. The number of hydrogen-bond donors (Lipinski definition) is 4. The summed E-state index contributed by atoms with van der Waals surface area (Å²) in [6, 6.07) is 13.0. The van der Waals surface area contributed by atoms with E-state index in [4.69, 9.17) is 0 Å². The van der Waals surface area contributed by atoms with E-state index in [0.717, 1.165) is 30.6 Å². The molecule has 0 saturated carbocycles. The van der Waals surface area contributed by atoms with Gasteiger partial charge in [-0.2, -0.15) is 0 Å². The number of fused-ring (bicyclic) bond motifs is 1. The van der Waals surface area contributed by atoms with E-state index in [-0.39, 0.29) is 30.6 Å². The number of para-hydroxylation sites is 1. The second-order valence-electron chi connectivity index (χ2n) is 6.32. The molecule has 0 unspecified atom stereocenters. The molecule has 0 spiro atoms. The number of aromatic nitrogens is 1. The number of aromatic amines is 1. The van der Waals surface area contributed by atoms with Crippen LogP contribution in [0.15, 0.2) is 53.7 Å². The van der Waals surface area contributed by atoms with Crippen LogP contribution in [0.3, 0.4) is 0 Å². The smallest absolute Gasteiger partial charge is 0.191 e. The summed E-state index contributed by atoms with van der Waals surface area (Å²) >= 11 is 0. The van der Waals surface area contributed by atoms with Crippen LogP contribution in [0, 0.1) is 5.82 Å². The molecule has 0 fully saturated rings. The van der Waals surface area contributed by atoms with Crippen molar-refractivity contribution in [3.63, 3.8) is 0 Å². The Morgan fingerprint density at radius 3 is 2.75 bits per heavy atom. The lowest BCUT2D eigenvalue weighted by Crippen LogP contribution is -2.38. The Balaban J connectivity index is 0.00000280. The van der Waals surface area contributed by atoms with Crippen molar-refractivity contribution in [2.24, 2.45) is 4.99 Å². The van der Waals surface area contributed by atoms with Crippen LogP contribution in [0.2, 0.25) is 0 Å². The van der Waals surface area contributed by atoms with Crippen LogP contribution in [0.5, 0.6) is 0 Å². The van der Waals surface area contributed by atoms with Gasteiger partial charge in [-0.1, -0.05) is 24.3 Å². The summed E-state index contributed by atoms with van der Waals surface area (Å²) in [4.78, 5) is 7.84. The zero-order valence-electron chi connectivity index (χ0n) is 15.8. The molecule has 3 rings (SSSR count). The molecule has 1 aromatic heterocycles. The van der Waals surface area contributed by atoms with Crippen LogP contribution in [0.25, 0.3) is 10.9 Å². The van der Waals surface area contributed by atoms with E-state index in [9.17, 15) is 9.50 Å². The highest BCUT2D eigenvalue weighted by Gasteiger charge is 2.05. The number of aliphatic hydroxyl groups excluding tert-OH is 1. The molecule has 0 aliphatic carbocycles. The van der Waals surface area contributed by atoms with Gasteiger partial charge in [0, 0.05) is 35.8 Å². The summed E-state index contributed by atoms with van der Waals surface area (Å²) in [6.45, 7) is 3.61. The Bertz CT molecular complexity index is 926. The number of guanidine groups is 1. The van der Waals surface area contributed by atoms with E-state index in [2.05, 4.69) is 32.7 Å². The van der Waals surface area contributed by atoms with E-state index in [1.165, 1.54) is 17.0 Å². The number of rotatable bonds is 7. The number of nitrogens with zero attached hydrogens (tertiary/aromatic N) is 1. The second-order valence-corrected chi connectivity index (χ2v) is 6.32. The molecule has 0 bridgehead atoms. The van der Waals surface area contributed by atoms with Crippen LogP contribution in [0.4, 0.5) is 4.39 Å². The Morgan fingerprint density at radius 1 is 1.14 bits per heavy atom. The fraction of sp³-hybridized carbons (Fsp3) is 0.286. The summed E-state index contributed by atoms with van der Waals surface area (Å²) in [5.41, 5.74) is 3.55. The molecular formula is C21H26FIN4O. The highest BCUT2D eigenvalue weighted by Crippen LogP contribution is 2.17. The lowest BCUT2D eigenvalue weighted by molar-refractivity contribution is 0.275. The first-order valence-electron chi connectivity index (χ1n) is 9.16. The molecule has 0 saturated heterocycles. The van der Waals surface area contributed by atoms with Crippen molar-refractivity contribution >= 4 is 40.8 Å². The predicted octanol–water partition coefficient (Wildman–Crippen LogP) is 3.72. The minimum absolute atomic E-state index is 0. The molecular weight excluding hydrogens is 470 g/mol. The van der Waals surface area contributed by atoms with Crippen molar-refractivity contribution in [3.05, 3.63) is 71.2 Å². The number of halogens is 2. The maximum absolute atomic E-state index is 13.5. The fourth-order valence-corrected chi connectivity index (χ4v) is 3.01. The molecule has 5 nitrogen and oxygen atoms in total. The first kappa shape index (κ1) is 22.2. The van der Waals surface area contributed by atoms with Crippen LogP contribution in [0.1, 0.15) is 23.6 Å². The number of aliphatic hydroxyl groups is 1. The largest absolute Gasteiger partial charge is 0.392 e. The van der Waals surface area contributed by atoms with E-state index >= 15 is 0 Å². The van der Waals surface area contributed by atoms with Gasteiger partial charge in [-0.05, 0) is 42.7 Å². The van der Waals surface area contributed by atoms with Crippen molar-refractivity contribution in [2.75, 3.05) is 13.1 Å². The molecule has 7 heteroatoms. The molecule has 0 aliphatic heterocycles. The van der Waals surface area contributed by atoms with Crippen LogP contribution >= 0.6 is 24.0 Å². The van der Waals surface area contributed by atoms with Crippen LogP contribution in [-0.2, 0) is 19.6 Å². The molecule has 0 radical (unpaired) electrons. The predicted molar refractivity (Wildman–Crippen MR) is 123 cm³/mol. The van der Waals surface area contributed by atoms with E-state index < -0.39 is 5.82 Å². The minimum Gasteiger partial charge on any atom is -0.392 e. The summed E-state index contributed by atoms with van der Waals surface area (Å²) < 4.78 is 13.5. The third kappa shape index (κ3) is 5.68. The topological polar surface area (TPSA) is 72.4 Å². The molecule has 0 atom stereocenters. The Labute approximate surface area is 181 Å². The number of nitrogens with one attached hydrogen (secondary N) is 3. The van der Waals surface area contributed by atoms with Crippen molar-refractivity contribution in [3.8, 4) is 0 Å². The molecule has 3 aromatic rings. The number of hydrogen-bond acceptors (Lipinski definition) is 2. The fourth-order valence-electron chi connectivity index (χ4n) is 3.01. The molecule has 2 aromatic carbocycles. The summed E-state index contributed by atoms with van der Waals surface area (Å²) in [5.74, 6) is 0.321. The summed E-state index contributed by atoms with van der Waals surface area (Å²) in [6.07, 6.45) is 2.92. The van der Waals surface area contributed by atoms with Crippen LogP contribution in [-0.4, -0.2) is 29.1 Å². The summed E-state index contributed by atoms with van der Waals surface area (Å²) in [5, 5.41) is 17.0. The highest BCUT2D eigenvalue weighted by atomic mass is 127. The molecule has 0 amide bonds. The third-order valence-corrected chi connectivity index (χ3v) is 4.41. The summed E-state index contributed by atoms with van der Waals surface area (Å²) in [7, 11) is 0. The number of H-pyrrole nitrogens is 1. The van der Waals surface area contributed by atoms with Gasteiger partial charge >= 0.3 is 0 Å². The van der Waals surface area contributed by atoms with Gasteiger partial charge < -0.3 is 20.7 Å². The molecule has 1 heterocycles. The van der Waals surface area contributed by atoms with Gasteiger partial charge in [0.05, 0.1) is 13.2 Å². The van der Waals surface area contributed by atoms with Crippen molar-refractivity contribution in [2.45, 2.75) is 26.5 Å². The standard InChI is InChI=1S/C21H25FN4O.HI/c1-2-23-21(26-12-15-7-8-19(22)17(11-15)14-27)24-10-9-16-13-25-20-6-4-3-5-18(16)20;/h3-8,11,13,25,27H,2,9-10,12,14H2,1H3,(H2,23,24,26);1H. The van der Waals surface area contributed by atoms with Gasteiger partial charge in [-0.25, -0.2) is 9.38 Å². The van der Waals surface area contributed by atoms with Crippen molar-refractivity contribution < 1.29 is 9.50 Å². The Morgan fingerprint density at radius 2 is 1.96 bits per heavy atom. The quantitative estimate of drug-likeness (QED) is 0.229. The van der Waals surface area contributed by atoms with Crippen molar-refractivity contribution in [1.29, 1.82) is 0 Å². The highest BCUT2D eigenvalue weighted by molar-refractivity contribution is 14.0. The lowest BCUT2D eigenvalue weighted by Gasteiger charge is -2.11. The zero-order valence-corrected chi connectivity index (χ0v) is 18.2. The van der Waals surface area contributed by atoms with E-state index in [0.29, 0.717) is 18.1 Å². The average Bonchev–Trinajstić information content (AvgIpc) is 3.10. The maximum Gasteiger partial charge on any atom is 0.191 e. The van der Waals surface area contributed by atoms with E-state index in [1.54, 1.807) is 12.1 Å². The second kappa shape index (κ2) is 11.0. The molecule has 0 aliphatic rings. The number of aliphatic imine (C=N–C) groups is 1. The van der Waals surface area contributed by atoms with Gasteiger partial charge in [0.2, 0.25) is 0 Å². The van der Waals surface area contributed by atoms with Gasteiger partial charge in [-0.3, -0.25) is 0 Å². The third-order valence-electron chi connectivity index (χ3n) is 4.41. The maximum atomic E-state index is 13.5. The Hall–Kier alpha value is -2.13. The zero-order chi connectivity index (χ0) is 19.1. The van der Waals surface area contributed by atoms with Gasteiger partial charge in [0.15, 0.2) is 5.96 Å². The van der Waals surface area contributed by atoms with E-state index in [1.807, 2.05) is 25.3 Å². The normalized spacial score (nSPS) is 11.3. The monoisotopic (exact) mass is 496 g/mol. The molecule has 28 heavy (non-hydrogen) atoms. The average molecular weight is 496 g/mol. The van der Waals surface area contributed by atoms with Crippen LogP contribution < -0.4 is 10.6 Å². The van der Waals surface area contributed by atoms with Gasteiger partial charge in [-0.15, -0.1) is 24.0 Å². The Kier molecular flexibility index (Phi) is 8.72.